The first-order valence-corrected chi connectivity index (χ1v) is 12.8. The van der Waals surface area contributed by atoms with Gasteiger partial charge >= 0.3 is 0 Å². The number of amides is 1. The van der Waals surface area contributed by atoms with E-state index in [1.807, 2.05) is 20.8 Å². The lowest BCUT2D eigenvalue weighted by Crippen LogP contribution is -2.40. The van der Waals surface area contributed by atoms with E-state index < -0.39 is 0 Å². The highest BCUT2D eigenvalue weighted by Gasteiger charge is 2.12. The Morgan fingerprint density at radius 3 is 1.11 bits per heavy atom. The SMILES string of the molecule is CCCCCCCCCCCCCCCCCCCCCC(=O)NC(C)(C)C. The summed E-state index contributed by atoms with van der Waals surface area (Å²) in [5.74, 6) is 0.208. The molecule has 0 atom stereocenters. The van der Waals surface area contributed by atoms with E-state index in [-0.39, 0.29) is 11.4 Å². The molecule has 2 heteroatoms. The Labute approximate surface area is 178 Å². The Balaban J connectivity index is 3.11. The predicted octanol–water partition coefficient (Wildman–Crippen LogP) is 8.72. The number of hydrogen-bond donors (Lipinski definition) is 1. The van der Waals surface area contributed by atoms with Crippen molar-refractivity contribution in [1.29, 1.82) is 0 Å². The molecule has 0 fully saturated rings. The summed E-state index contributed by atoms with van der Waals surface area (Å²) in [5.41, 5.74) is -0.0923. The maximum Gasteiger partial charge on any atom is 0.220 e. The summed E-state index contributed by atoms with van der Waals surface area (Å²) < 4.78 is 0. The van der Waals surface area contributed by atoms with Crippen LogP contribution in [0.4, 0.5) is 0 Å². The Kier molecular flexibility index (Phi) is 19.4. The van der Waals surface area contributed by atoms with Gasteiger partial charge in [-0.3, -0.25) is 4.79 Å². The molecule has 0 saturated carbocycles. The highest BCUT2D eigenvalue weighted by molar-refractivity contribution is 5.76. The van der Waals surface area contributed by atoms with Crippen molar-refractivity contribution in [2.45, 2.75) is 162 Å². The molecule has 0 aromatic rings. The van der Waals surface area contributed by atoms with Crippen molar-refractivity contribution in [2.75, 3.05) is 0 Å². The predicted molar refractivity (Wildman–Crippen MR) is 126 cm³/mol. The molecule has 1 N–H and O–H groups in total. The first kappa shape index (κ1) is 27.5. The van der Waals surface area contributed by atoms with Crippen LogP contribution in [0.2, 0.25) is 0 Å². The van der Waals surface area contributed by atoms with Gasteiger partial charge in [0.2, 0.25) is 5.91 Å². The lowest BCUT2D eigenvalue weighted by atomic mass is 10.0. The van der Waals surface area contributed by atoms with Crippen molar-refractivity contribution in [3.8, 4) is 0 Å². The molecule has 0 rings (SSSR count). The molecule has 0 bridgehead atoms. The van der Waals surface area contributed by atoms with E-state index in [1.165, 1.54) is 116 Å². The number of carbonyl (C=O) groups is 1. The van der Waals surface area contributed by atoms with Crippen molar-refractivity contribution in [3.05, 3.63) is 0 Å². The molecule has 0 aromatic carbocycles. The molecular formula is C26H53NO. The zero-order valence-electron chi connectivity index (χ0n) is 20.1. The molecule has 0 unspecified atom stereocenters. The van der Waals surface area contributed by atoms with Crippen LogP contribution >= 0.6 is 0 Å². The van der Waals surface area contributed by atoms with Gasteiger partial charge in [0, 0.05) is 12.0 Å². The van der Waals surface area contributed by atoms with E-state index in [4.69, 9.17) is 0 Å². The topological polar surface area (TPSA) is 29.1 Å². The van der Waals surface area contributed by atoms with Gasteiger partial charge in [-0.2, -0.15) is 0 Å². The summed E-state index contributed by atoms with van der Waals surface area (Å²) in [5, 5.41) is 3.04. The number of hydrogen-bond acceptors (Lipinski definition) is 1. The maximum atomic E-state index is 11.7. The van der Waals surface area contributed by atoms with Crippen LogP contribution in [0.15, 0.2) is 0 Å². The third kappa shape index (κ3) is 23.5. The number of rotatable bonds is 20. The van der Waals surface area contributed by atoms with Gasteiger partial charge in [-0.25, -0.2) is 0 Å². The molecule has 0 aromatic heterocycles. The maximum absolute atomic E-state index is 11.7. The van der Waals surface area contributed by atoms with Gasteiger partial charge in [0.25, 0.3) is 0 Å². The minimum Gasteiger partial charge on any atom is -0.352 e. The van der Waals surface area contributed by atoms with Crippen molar-refractivity contribution in [3.63, 3.8) is 0 Å². The van der Waals surface area contributed by atoms with Gasteiger partial charge in [0.15, 0.2) is 0 Å². The van der Waals surface area contributed by atoms with E-state index >= 15 is 0 Å². The Morgan fingerprint density at radius 1 is 0.536 bits per heavy atom. The zero-order valence-corrected chi connectivity index (χ0v) is 20.1. The van der Waals surface area contributed by atoms with E-state index in [0.29, 0.717) is 6.42 Å². The number of unbranched alkanes of at least 4 members (excludes halogenated alkanes) is 18. The monoisotopic (exact) mass is 395 g/mol. The Morgan fingerprint density at radius 2 is 0.821 bits per heavy atom. The summed E-state index contributed by atoms with van der Waals surface area (Å²) in [6.45, 7) is 8.42. The second-order valence-electron chi connectivity index (χ2n) is 9.91. The van der Waals surface area contributed by atoms with Crippen molar-refractivity contribution in [2.24, 2.45) is 0 Å². The lowest BCUT2D eigenvalue weighted by Gasteiger charge is -2.20. The summed E-state index contributed by atoms with van der Waals surface area (Å²) in [6.07, 6.45) is 27.1. The molecule has 28 heavy (non-hydrogen) atoms. The average Bonchev–Trinajstić information content (AvgIpc) is 2.62. The molecule has 2 nitrogen and oxygen atoms in total. The van der Waals surface area contributed by atoms with Gasteiger partial charge in [-0.05, 0) is 27.2 Å². The van der Waals surface area contributed by atoms with Crippen LogP contribution < -0.4 is 5.32 Å². The zero-order chi connectivity index (χ0) is 20.9. The van der Waals surface area contributed by atoms with Crippen LogP contribution in [-0.4, -0.2) is 11.4 Å². The molecule has 0 saturated heterocycles. The highest BCUT2D eigenvalue weighted by atomic mass is 16.1. The molecule has 0 radical (unpaired) electrons. The van der Waals surface area contributed by atoms with Gasteiger partial charge in [0.1, 0.15) is 0 Å². The van der Waals surface area contributed by atoms with Crippen LogP contribution in [0.25, 0.3) is 0 Å². The van der Waals surface area contributed by atoms with E-state index in [9.17, 15) is 4.79 Å². The quantitative estimate of drug-likeness (QED) is 0.205. The van der Waals surface area contributed by atoms with Gasteiger partial charge in [-0.1, -0.05) is 122 Å². The second-order valence-corrected chi connectivity index (χ2v) is 9.91. The fourth-order valence-corrected chi connectivity index (χ4v) is 3.84. The van der Waals surface area contributed by atoms with Crippen LogP contribution in [-0.2, 0) is 4.79 Å². The standard InChI is InChI=1S/C26H53NO/c1-5-6-7-8-9-10-11-12-13-14-15-16-17-18-19-20-21-22-23-24-25(28)27-26(2,3)4/h5-24H2,1-4H3,(H,27,28). The van der Waals surface area contributed by atoms with Gasteiger partial charge < -0.3 is 5.32 Å². The van der Waals surface area contributed by atoms with Gasteiger partial charge in [0.05, 0.1) is 0 Å². The Bertz CT molecular complexity index is 332. The fraction of sp³-hybridized carbons (Fsp3) is 0.962. The molecular weight excluding hydrogens is 342 g/mol. The highest BCUT2D eigenvalue weighted by Crippen LogP contribution is 2.14. The first-order chi connectivity index (χ1) is 13.5. The number of carbonyl (C=O) groups excluding carboxylic acids is 1. The average molecular weight is 396 g/mol. The summed E-state index contributed by atoms with van der Waals surface area (Å²) in [4.78, 5) is 11.7. The number of nitrogens with one attached hydrogen (secondary N) is 1. The normalized spacial score (nSPS) is 11.7. The minimum atomic E-state index is -0.0923. The third-order valence-corrected chi connectivity index (χ3v) is 5.52. The molecule has 1 amide bonds. The minimum absolute atomic E-state index is 0.0923. The van der Waals surface area contributed by atoms with Crippen LogP contribution in [0.3, 0.4) is 0 Å². The van der Waals surface area contributed by atoms with Crippen LogP contribution in [0.5, 0.6) is 0 Å². The van der Waals surface area contributed by atoms with Crippen LogP contribution in [0, 0.1) is 0 Å². The Hall–Kier alpha value is -0.530. The second kappa shape index (κ2) is 19.8. The first-order valence-electron chi connectivity index (χ1n) is 12.8. The van der Waals surface area contributed by atoms with Crippen molar-refractivity contribution in [1.82, 2.24) is 5.32 Å². The fourth-order valence-electron chi connectivity index (χ4n) is 3.84. The summed E-state index contributed by atoms with van der Waals surface area (Å²) in [7, 11) is 0. The summed E-state index contributed by atoms with van der Waals surface area (Å²) in [6, 6.07) is 0. The largest absolute Gasteiger partial charge is 0.352 e. The van der Waals surface area contributed by atoms with E-state index in [1.54, 1.807) is 0 Å². The smallest absolute Gasteiger partial charge is 0.220 e. The molecule has 0 heterocycles. The summed E-state index contributed by atoms with van der Waals surface area (Å²) >= 11 is 0. The molecule has 168 valence electrons. The van der Waals surface area contributed by atoms with Crippen LogP contribution in [0.1, 0.15) is 156 Å². The molecule has 0 spiro atoms. The van der Waals surface area contributed by atoms with E-state index in [2.05, 4.69) is 12.2 Å². The molecule has 0 aliphatic carbocycles. The lowest BCUT2D eigenvalue weighted by molar-refractivity contribution is -0.122. The third-order valence-electron chi connectivity index (χ3n) is 5.52. The molecule has 0 aliphatic rings. The van der Waals surface area contributed by atoms with E-state index in [0.717, 1.165) is 6.42 Å². The molecule has 0 aliphatic heterocycles. The van der Waals surface area contributed by atoms with Crippen molar-refractivity contribution >= 4 is 5.91 Å². The van der Waals surface area contributed by atoms with Gasteiger partial charge in [-0.15, -0.1) is 0 Å². The van der Waals surface area contributed by atoms with Crippen molar-refractivity contribution < 1.29 is 4.79 Å².